The molecule has 0 aliphatic carbocycles. The Morgan fingerprint density at radius 2 is 2.04 bits per heavy atom. The Labute approximate surface area is 157 Å². The predicted octanol–water partition coefficient (Wildman–Crippen LogP) is 3.53. The molecule has 0 bridgehead atoms. The molecule has 0 atom stereocenters. The van der Waals surface area contributed by atoms with Crippen molar-refractivity contribution in [1.29, 1.82) is 0 Å². The Balaban J connectivity index is 2.07. The molecule has 0 spiro atoms. The number of nitrogens with one attached hydrogen (secondary N) is 1. The molecule has 1 N–H and O–H groups in total. The third kappa shape index (κ3) is 5.22. The van der Waals surface area contributed by atoms with Crippen LogP contribution in [0.3, 0.4) is 0 Å². The average molecular weight is 377 g/mol. The van der Waals surface area contributed by atoms with Crippen molar-refractivity contribution >= 4 is 23.0 Å². The topological polar surface area (TPSA) is 97.3 Å². The second kappa shape index (κ2) is 9.23. The first-order valence-electron chi connectivity index (χ1n) is 8.54. The van der Waals surface area contributed by atoms with Crippen molar-refractivity contribution in [3.05, 3.63) is 40.3 Å². The van der Waals surface area contributed by atoms with Crippen molar-refractivity contribution in [2.24, 2.45) is 0 Å². The van der Waals surface area contributed by atoms with Crippen LogP contribution in [0, 0.1) is 10.1 Å². The molecule has 1 heterocycles. The summed E-state index contributed by atoms with van der Waals surface area (Å²) >= 11 is 5.46. The summed E-state index contributed by atoms with van der Waals surface area (Å²) in [5.41, 5.74) is 0.650. The summed E-state index contributed by atoms with van der Waals surface area (Å²) in [6.45, 7) is 7.44. The van der Waals surface area contributed by atoms with Gasteiger partial charge in [-0.2, -0.15) is 0 Å². The van der Waals surface area contributed by atoms with Crippen LogP contribution >= 0.6 is 12.2 Å². The average Bonchev–Trinajstić information content (AvgIpc) is 3.08. The lowest BCUT2D eigenvalue weighted by atomic mass is 10.2. The van der Waals surface area contributed by atoms with E-state index in [-0.39, 0.29) is 11.7 Å². The van der Waals surface area contributed by atoms with Crippen LogP contribution < -0.4 is 5.32 Å². The van der Waals surface area contributed by atoms with E-state index in [1.165, 1.54) is 12.1 Å². The zero-order chi connectivity index (χ0) is 19.1. The van der Waals surface area contributed by atoms with Gasteiger partial charge < -0.3 is 14.6 Å². The molecule has 9 heteroatoms. The van der Waals surface area contributed by atoms with Gasteiger partial charge in [-0.1, -0.05) is 13.3 Å². The summed E-state index contributed by atoms with van der Waals surface area (Å²) < 4.78 is 5.71. The quantitative estimate of drug-likeness (QED) is 0.323. The molecule has 0 aliphatic heterocycles. The molecule has 0 amide bonds. The molecule has 2 rings (SSSR count). The van der Waals surface area contributed by atoms with Gasteiger partial charge in [-0.3, -0.25) is 10.1 Å². The Kier molecular flexibility index (Phi) is 7.02. The summed E-state index contributed by atoms with van der Waals surface area (Å²) in [5, 5.41) is 22.7. The monoisotopic (exact) mass is 377 g/mol. The Morgan fingerprint density at radius 1 is 1.35 bits per heavy atom. The van der Waals surface area contributed by atoms with Crippen molar-refractivity contribution in [1.82, 2.24) is 20.4 Å². The molecular weight excluding hydrogens is 354 g/mol. The first-order chi connectivity index (χ1) is 12.4. The number of nitrogens with zero attached hydrogens (tertiary/aromatic N) is 4. The van der Waals surface area contributed by atoms with Gasteiger partial charge in [0, 0.05) is 30.3 Å². The lowest BCUT2D eigenvalue weighted by molar-refractivity contribution is -0.384. The highest BCUT2D eigenvalue weighted by atomic mass is 32.1. The highest BCUT2D eigenvalue weighted by Crippen LogP contribution is 2.22. The lowest BCUT2D eigenvalue weighted by Gasteiger charge is -2.28. The SMILES string of the molecule is CCCCNC(=S)N(Cc1nnc(-c2ccc([N+](=O)[O-])cc2)o1)C(C)C. The molecule has 0 aliphatic rings. The van der Waals surface area contributed by atoms with Crippen molar-refractivity contribution in [2.45, 2.75) is 46.2 Å². The zero-order valence-electron chi connectivity index (χ0n) is 15.1. The number of unbranched alkanes of at least 4 members (excludes halogenated alkanes) is 1. The molecule has 1 aromatic heterocycles. The van der Waals surface area contributed by atoms with Crippen molar-refractivity contribution < 1.29 is 9.34 Å². The maximum absolute atomic E-state index is 10.7. The van der Waals surface area contributed by atoms with Gasteiger partial charge in [0.25, 0.3) is 5.69 Å². The highest BCUT2D eigenvalue weighted by molar-refractivity contribution is 7.80. The molecule has 0 unspecified atom stereocenters. The molecule has 2 aromatic rings. The molecule has 0 saturated heterocycles. The minimum absolute atomic E-state index is 0.0166. The summed E-state index contributed by atoms with van der Waals surface area (Å²) in [5.74, 6) is 0.759. The van der Waals surface area contributed by atoms with Crippen LogP contribution in [-0.4, -0.2) is 37.7 Å². The number of nitro benzene ring substituents is 1. The number of non-ortho nitro benzene ring substituents is 1. The van der Waals surface area contributed by atoms with Gasteiger partial charge in [-0.25, -0.2) is 0 Å². The maximum Gasteiger partial charge on any atom is 0.269 e. The zero-order valence-corrected chi connectivity index (χ0v) is 16.0. The molecule has 8 nitrogen and oxygen atoms in total. The van der Waals surface area contributed by atoms with Crippen molar-refractivity contribution in [3.8, 4) is 11.5 Å². The number of hydrogen-bond donors (Lipinski definition) is 1. The molecule has 0 fully saturated rings. The third-order valence-corrected chi connectivity index (χ3v) is 4.17. The fraction of sp³-hybridized carbons (Fsp3) is 0.471. The van der Waals surface area contributed by atoms with Gasteiger partial charge >= 0.3 is 0 Å². The normalized spacial score (nSPS) is 10.8. The number of rotatable bonds is 8. The van der Waals surface area contributed by atoms with Crippen LogP contribution in [0.5, 0.6) is 0 Å². The minimum atomic E-state index is -0.448. The number of thiocarbonyl (C=S) groups is 1. The first-order valence-corrected chi connectivity index (χ1v) is 8.94. The first kappa shape index (κ1) is 19.8. The van der Waals surface area contributed by atoms with E-state index in [4.69, 9.17) is 16.6 Å². The number of benzene rings is 1. The van der Waals surface area contributed by atoms with Gasteiger partial charge in [0.05, 0.1) is 11.5 Å². The van der Waals surface area contributed by atoms with Crippen LogP contribution in [-0.2, 0) is 6.54 Å². The van der Waals surface area contributed by atoms with Crippen molar-refractivity contribution in [3.63, 3.8) is 0 Å². The summed E-state index contributed by atoms with van der Waals surface area (Å²) in [6, 6.07) is 6.17. The van der Waals surface area contributed by atoms with Crippen LogP contribution in [0.1, 0.15) is 39.5 Å². The smallest absolute Gasteiger partial charge is 0.269 e. The van der Waals surface area contributed by atoms with E-state index < -0.39 is 4.92 Å². The standard InChI is InChI=1S/C17H23N5O3S/c1-4-5-10-18-17(26)21(12(2)3)11-15-19-20-16(25-15)13-6-8-14(9-7-13)22(23)24/h6-9,12H,4-5,10-11H2,1-3H3,(H,18,26). The second-order valence-electron chi connectivity index (χ2n) is 6.11. The van der Waals surface area contributed by atoms with Gasteiger partial charge in [0.1, 0.15) is 0 Å². The van der Waals surface area contributed by atoms with Crippen molar-refractivity contribution in [2.75, 3.05) is 6.54 Å². The maximum atomic E-state index is 10.7. The van der Waals surface area contributed by atoms with Crippen LogP contribution in [0.2, 0.25) is 0 Å². The summed E-state index contributed by atoms with van der Waals surface area (Å²) in [6.07, 6.45) is 2.15. The molecule has 26 heavy (non-hydrogen) atoms. The Bertz CT molecular complexity index is 745. The van der Waals surface area contributed by atoms with Crippen LogP contribution in [0.4, 0.5) is 5.69 Å². The molecule has 0 radical (unpaired) electrons. The molecular formula is C17H23N5O3S. The van der Waals surface area contributed by atoms with Gasteiger partial charge in [-0.05, 0) is 44.6 Å². The summed E-state index contributed by atoms with van der Waals surface area (Å²) in [4.78, 5) is 12.3. The van der Waals surface area contributed by atoms with E-state index in [9.17, 15) is 10.1 Å². The van der Waals surface area contributed by atoms with E-state index in [2.05, 4.69) is 22.4 Å². The fourth-order valence-electron chi connectivity index (χ4n) is 2.27. The second-order valence-corrected chi connectivity index (χ2v) is 6.50. The van der Waals surface area contributed by atoms with Crippen LogP contribution in [0.25, 0.3) is 11.5 Å². The summed E-state index contributed by atoms with van der Waals surface area (Å²) in [7, 11) is 0. The molecule has 1 aromatic carbocycles. The highest BCUT2D eigenvalue weighted by Gasteiger charge is 2.18. The van der Waals surface area contributed by atoms with E-state index in [0.717, 1.165) is 19.4 Å². The Hall–Kier alpha value is -2.55. The molecule has 0 saturated carbocycles. The van der Waals surface area contributed by atoms with Crippen LogP contribution in [0.15, 0.2) is 28.7 Å². The largest absolute Gasteiger partial charge is 0.419 e. The minimum Gasteiger partial charge on any atom is -0.419 e. The molecule has 140 valence electrons. The predicted molar refractivity (Wildman–Crippen MR) is 103 cm³/mol. The van der Waals surface area contributed by atoms with E-state index in [1.54, 1.807) is 12.1 Å². The number of aromatic nitrogens is 2. The van der Waals surface area contributed by atoms with E-state index in [0.29, 0.717) is 29.0 Å². The lowest BCUT2D eigenvalue weighted by Crippen LogP contribution is -2.43. The fourth-order valence-corrected chi connectivity index (χ4v) is 2.65. The Morgan fingerprint density at radius 3 is 2.62 bits per heavy atom. The van der Waals surface area contributed by atoms with Gasteiger partial charge in [0.2, 0.25) is 11.8 Å². The van der Waals surface area contributed by atoms with Gasteiger partial charge in [-0.15, -0.1) is 10.2 Å². The van der Waals surface area contributed by atoms with E-state index >= 15 is 0 Å². The van der Waals surface area contributed by atoms with E-state index in [1.807, 2.05) is 18.7 Å². The number of hydrogen-bond acceptors (Lipinski definition) is 6. The van der Waals surface area contributed by atoms with Gasteiger partial charge in [0.15, 0.2) is 5.11 Å². The third-order valence-electron chi connectivity index (χ3n) is 3.79. The number of nitro groups is 1.